The molecule has 3 rings (SSSR count). The van der Waals surface area contributed by atoms with Crippen LogP contribution in [0, 0.1) is 0 Å². The van der Waals surface area contributed by atoms with Crippen LogP contribution in [-0.4, -0.2) is 10.2 Å². The Hall–Kier alpha value is -1.38. The van der Waals surface area contributed by atoms with Gasteiger partial charge in [-0.25, -0.2) is 0 Å². The van der Waals surface area contributed by atoms with E-state index in [2.05, 4.69) is 0 Å². The van der Waals surface area contributed by atoms with Crippen LogP contribution in [-0.2, 0) is 0 Å². The normalized spacial score (nSPS) is 24.4. The molecule has 2 aromatic carbocycles. The van der Waals surface area contributed by atoms with Crippen molar-refractivity contribution < 1.29 is 10.2 Å². The molecule has 0 saturated heterocycles. The average molecular weight is 186 g/mol. The molecule has 0 aliphatic heterocycles. The van der Waals surface area contributed by atoms with Crippen LogP contribution in [0.4, 0.5) is 0 Å². The van der Waals surface area contributed by atoms with Gasteiger partial charge in [0.25, 0.3) is 0 Å². The third kappa shape index (κ3) is 0.820. The zero-order valence-electron chi connectivity index (χ0n) is 7.51. The zero-order chi connectivity index (χ0) is 9.71. The second-order valence-electron chi connectivity index (χ2n) is 3.68. The second-order valence-corrected chi connectivity index (χ2v) is 3.68. The molecule has 2 atom stereocenters. The quantitative estimate of drug-likeness (QED) is 0.660. The summed E-state index contributed by atoms with van der Waals surface area (Å²) >= 11 is 0. The van der Waals surface area contributed by atoms with Crippen molar-refractivity contribution in [2.45, 2.75) is 12.2 Å². The van der Waals surface area contributed by atoms with E-state index in [-0.39, 0.29) is 0 Å². The van der Waals surface area contributed by atoms with Gasteiger partial charge in [-0.05, 0) is 21.9 Å². The third-order valence-electron chi connectivity index (χ3n) is 2.91. The van der Waals surface area contributed by atoms with E-state index in [0.717, 1.165) is 21.9 Å². The Labute approximate surface area is 81.4 Å². The Morgan fingerprint density at radius 1 is 0.786 bits per heavy atom. The van der Waals surface area contributed by atoms with E-state index in [1.165, 1.54) is 0 Å². The molecule has 0 amide bonds. The van der Waals surface area contributed by atoms with Gasteiger partial charge in [-0.2, -0.15) is 0 Å². The van der Waals surface area contributed by atoms with Crippen molar-refractivity contribution in [3.05, 3.63) is 47.5 Å². The Balaban J connectivity index is 2.49. The number of aliphatic hydroxyl groups excluding tert-OH is 2. The molecule has 1 aliphatic carbocycles. The largest absolute Gasteiger partial charge is 0.385 e. The van der Waals surface area contributed by atoms with Crippen LogP contribution in [0.1, 0.15) is 23.3 Å². The first kappa shape index (κ1) is 7.97. The lowest BCUT2D eigenvalue weighted by molar-refractivity contribution is 0.0253. The first-order valence-electron chi connectivity index (χ1n) is 4.67. The fourth-order valence-corrected chi connectivity index (χ4v) is 2.23. The van der Waals surface area contributed by atoms with Crippen LogP contribution in [0.3, 0.4) is 0 Å². The van der Waals surface area contributed by atoms with Crippen molar-refractivity contribution >= 4 is 10.8 Å². The van der Waals surface area contributed by atoms with Gasteiger partial charge in [-0.15, -0.1) is 0 Å². The number of rotatable bonds is 0. The van der Waals surface area contributed by atoms with Crippen molar-refractivity contribution in [2.24, 2.45) is 0 Å². The van der Waals surface area contributed by atoms with Crippen LogP contribution in [0.2, 0.25) is 0 Å². The van der Waals surface area contributed by atoms with Gasteiger partial charge >= 0.3 is 0 Å². The number of benzene rings is 2. The van der Waals surface area contributed by atoms with Crippen molar-refractivity contribution in [1.29, 1.82) is 0 Å². The van der Waals surface area contributed by atoms with Crippen molar-refractivity contribution in [3.8, 4) is 0 Å². The summed E-state index contributed by atoms with van der Waals surface area (Å²) in [7, 11) is 0. The summed E-state index contributed by atoms with van der Waals surface area (Å²) in [5, 5.41) is 21.7. The molecule has 0 bridgehead atoms. The summed E-state index contributed by atoms with van der Waals surface area (Å²) in [5.74, 6) is 0. The lowest BCUT2D eigenvalue weighted by atomic mass is 10.1. The first-order chi connectivity index (χ1) is 6.79. The molecule has 2 N–H and O–H groups in total. The van der Waals surface area contributed by atoms with Crippen LogP contribution in [0.5, 0.6) is 0 Å². The van der Waals surface area contributed by atoms with Gasteiger partial charge in [0.1, 0.15) is 12.2 Å². The third-order valence-corrected chi connectivity index (χ3v) is 2.91. The molecule has 14 heavy (non-hydrogen) atoms. The van der Waals surface area contributed by atoms with Crippen molar-refractivity contribution in [2.75, 3.05) is 0 Å². The van der Waals surface area contributed by atoms with Gasteiger partial charge in [0.2, 0.25) is 0 Å². The molecular formula is C12H10O2. The molecular weight excluding hydrogens is 176 g/mol. The summed E-state index contributed by atoms with van der Waals surface area (Å²) in [6.45, 7) is 0. The highest BCUT2D eigenvalue weighted by Crippen LogP contribution is 2.43. The van der Waals surface area contributed by atoms with E-state index in [0.29, 0.717) is 0 Å². The van der Waals surface area contributed by atoms with E-state index in [1.807, 2.05) is 36.4 Å². The van der Waals surface area contributed by atoms with Crippen molar-refractivity contribution in [3.63, 3.8) is 0 Å². The van der Waals surface area contributed by atoms with Gasteiger partial charge in [-0.1, -0.05) is 36.4 Å². The summed E-state index contributed by atoms with van der Waals surface area (Å²) in [6.07, 6.45) is -1.54. The minimum Gasteiger partial charge on any atom is -0.385 e. The second kappa shape index (κ2) is 2.56. The minimum absolute atomic E-state index is 0.767. The molecule has 1 aliphatic rings. The van der Waals surface area contributed by atoms with Gasteiger partial charge in [0, 0.05) is 0 Å². The monoisotopic (exact) mass is 186 g/mol. The van der Waals surface area contributed by atoms with E-state index < -0.39 is 12.2 Å². The molecule has 0 aromatic heterocycles. The predicted octanol–water partition coefficient (Wildman–Crippen LogP) is 1.92. The molecule has 70 valence electrons. The topological polar surface area (TPSA) is 40.5 Å². The summed E-state index contributed by atoms with van der Waals surface area (Å²) in [6, 6.07) is 11.5. The van der Waals surface area contributed by atoms with Crippen molar-refractivity contribution in [1.82, 2.24) is 0 Å². The molecule has 0 radical (unpaired) electrons. The maximum Gasteiger partial charge on any atom is 0.110 e. The maximum absolute atomic E-state index is 9.78. The summed E-state index contributed by atoms with van der Waals surface area (Å²) in [4.78, 5) is 0. The fourth-order valence-electron chi connectivity index (χ4n) is 2.23. The van der Waals surface area contributed by atoms with E-state index >= 15 is 0 Å². The van der Waals surface area contributed by atoms with Gasteiger partial charge in [0.15, 0.2) is 0 Å². The lowest BCUT2D eigenvalue weighted by Gasteiger charge is -2.08. The molecule has 0 unspecified atom stereocenters. The number of hydrogen-bond acceptors (Lipinski definition) is 2. The highest BCUT2D eigenvalue weighted by Gasteiger charge is 2.30. The minimum atomic E-state index is -0.768. The average Bonchev–Trinajstić information content (AvgIpc) is 2.47. The standard InChI is InChI=1S/C12H10O2/c13-11-8-5-1-3-7-4-2-6-9(10(7)8)12(11)14/h1-6,11-14H/t11-,12-/m1/s1. The van der Waals surface area contributed by atoms with E-state index in [9.17, 15) is 10.2 Å². The van der Waals surface area contributed by atoms with Crippen LogP contribution in [0.25, 0.3) is 10.8 Å². The smallest absolute Gasteiger partial charge is 0.110 e. The predicted molar refractivity (Wildman–Crippen MR) is 53.9 cm³/mol. The highest BCUT2D eigenvalue weighted by atomic mass is 16.3. The molecule has 0 heterocycles. The molecule has 0 spiro atoms. The molecule has 0 saturated carbocycles. The van der Waals surface area contributed by atoms with E-state index in [4.69, 9.17) is 0 Å². The van der Waals surface area contributed by atoms with Gasteiger partial charge in [-0.3, -0.25) is 0 Å². The number of aliphatic hydroxyl groups is 2. The van der Waals surface area contributed by atoms with Gasteiger partial charge < -0.3 is 10.2 Å². The molecule has 2 nitrogen and oxygen atoms in total. The van der Waals surface area contributed by atoms with Crippen LogP contribution < -0.4 is 0 Å². The SMILES string of the molecule is O[C@@H]1c2cccc3cccc(c23)[C@H]1O. The van der Waals surface area contributed by atoms with Crippen LogP contribution >= 0.6 is 0 Å². The van der Waals surface area contributed by atoms with Crippen LogP contribution in [0.15, 0.2) is 36.4 Å². The summed E-state index contributed by atoms with van der Waals surface area (Å²) < 4.78 is 0. The Bertz CT molecular complexity index is 462. The van der Waals surface area contributed by atoms with E-state index in [1.54, 1.807) is 0 Å². The fraction of sp³-hybridized carbons (Fsp3) is 0.167. The zero-order valence-corrected chi connectivity index (χ0v) is 7.51. The molecule has 2 heteroatoms. The Kier molecular flexibility index (Phi) is 1.46. The lowest BCUT2D eigenvalue weighted by Crippen LogP contribution is -2.02. The van der Waals surface area contributed by atoms with Gasteiger partial charge in [0.05, 0.1) is 0 Å². The Morgan fingerprint density at radius 2 is 1.29 bits per heavy atom. The highest BCUT2D eigenvalue weighted by molar-refractivity contribution is 5.91. The summed E-state index contributed by atoms with van der Waals surface area (Å²) in [5.41, 5.74) is 1.68. The molecule has 2 aromatic rings. The Morgan fingerprint density at radius 3 is 1.79 bits per heavy atom. The molecule has 0 fully saturated rings. The maximum atomic E-state index is 9.78. The number of hydrogen-bond donors (Lipinski definition) is 2. The first-order valence-corrected chi connectivity index (χ1v) is 4.67.